The lowest BCUT2D eigenvalue weighted by Crippen LogP contribution is -2.51. The zero-order valence-electron chi connectivity index (χ0n) is 10.3. The molecule has 7 heteroatoms. The van der Waals surface area contributed by atoms with E-state index in [1.807, 2.05) is 4.90 Å². The third-order valence-corrected chi connectivity index (χ3v) is 3.38. The Hall–Kier alpha value is -0.000000000000000111. The van der Waals surface area contributed by atoms with E-state index >= 15 is 0 Å². The molecule has 0 aromatic rings. The molecule has 104 valence electrons. The number of Topliss-reactive ketones (excluding diaryl/α,β-unsaturated/α-hetero) is 1. The zero-order chi connectivity index (χ0) is 13.9. The lowest BCUT2D eigenvalue weighted by Gasteiger charge is -2.38. The second-order valence-electron chi connectivity index (χ2n) is 4.15. The van der Waals surface area contributed by atoms with Gasteiger partial charge >= 0.3 is 0 Å². The first kappa shape index (κ1) is 16.1. The number of alkyl halides is 3. The summed E-state index contributed by atoms with van der Waals surface area (Å²) in [6, 6.07) is -0.770. The molecule has 0 bridgehead atoms. The van der Waals surface area contributed by atoms with E-state index in [0.717, 1.165) is 0 Å². The van der Waals surface area contributed by atoms with E-state index in [0.29, 0.717) is 26.3 Å². The van der Waals surface area contributed by atoms with Crippen LogP contribution < -0.4 is 0 Å². The number of ether oxygens (including phenoxy) is 1. The summed E-state index contributed by atoms with van der Waals surface area (Å²) >= 11 is 17.9. The summed E-state index contributed by atoms with van der Waals surface area (Å²) in [7, 11) is 0. The molecule has 1 fully saturated rings. The van der Waals surface area contributed by atoms with Crippen molar-refractivity contribution in [2.45, 2.75) is 23.7 Å². The molecule has 0 aromatic carbocycles. The first-order chi connectivity index (χ1) is 8.25. The highest BCUT2D eigenvalue weighted by atomic mass is 35.6. The Bertz CT molecular complexity index is 342. The second-order valence-corrected chi connectivity index (χ2v) is 6.52. The van der Waals surface area contributed by atoms with E-state index in [1.54, 1.807) is 0 Å². The Morgan fingerprint density at radius 3 is 2.11 bits per heavy atom. The smallest absolute Gasteiger partial charge is 0.210 e. The molecule has 18 heavy (non-hydrogen) atoms. The molecule has 1 rings (SSSR count). The van der Waals surface area contributed by atoms with Gasteiger partial charge in [0.2, 0.25) is 3.79 Å². The molecular weight excluding hydrogens is 300 g/mol. The second kappa shape index (κ2) is 6.44. The highest BCUT2D eigenvalue weighted by Gasteiger charge is 2.42. The normalized spacial score (nSPS) is 21.4. The average molecular weight is 317 g/mol. The van der Waals surface area contributed by atoms with Crippen molar-refractivity contribution in [3.63, 3.8) is 0 Å². The predicted molar refractivity (Wildman–Crippen MR) is 72.5 cm³/mol. The van der Waals surface area contributed by atoms with Crippen molar-refractivity contribution in [3.8, 4) is 0 Å². The van der Waals surface area contributed by atoms with Crippen molar-refractivity contribution in [1.82, 2.24) is 4.90 Å². The maximum Gasteiger partial charge on any atom is 0.210 e. The predicted octanol–water partition coefficient (Wildman–Crippen LogP) is 2.48. The number of carbonyl (C=O) groups is 1. The van der Waals surface area contributed by atoms with Gasteiger partial charge in [-0.1, -0.05) is 34.8 Å². The van der Waals surface area contributed by atoms with E-state index in [9.17, 15) is 9.90 Å². The van der Waals surface area contributed by atoms with Crippen LogP contribution in [0.4, 0.5) is 0 Å². The number of carbonyl (C=O) groups excluding carboxylic acids is 1. The summed E-state index contributed by atoms with van der Waals surface area (Å²) in [4.78, 5) is 13.5. The fourth-order valence-corrected chi connectivity index (χ4v) is 2.78. The van der Waals surface area contributed by atoms with Gasteiger partial charge in [0.1, 0.15) is 0 Å². The molecule has 0 spiro atoms. The number of hydrogen-bond donors (Lipinski definition) is 1. The summed E-state index contributed by atoms with van der Waals surface area (Å²) in [6.45, 7) is 4.87. The number of aliphatic hydroxyl groups excluding tert-OH is 1. The fourth-order valence-electron chi connectivity index (χ4n) is 2.03. The molecule has 0 aliphatic carbocycles. The van der Waals surface area contributed by atoms with E-state index in [-0.39, 0.29) is 17.1 Å². The summed E-state index contributed by atoms with van der Waals surface area (Å²) in [6.07, 6.45) is 0. The van der Waals surface area contributed by atoms with Gasteiger partial charge in [-0.15, -0.1) is 0 Å². The Kier molecular flexibility index (Phi) is 5.74. The van der Waals surface area contributed by atoms with Gasteiger partial charge in [-0.3, -0.25) is 9.69 Å². The van der Waals surface area contributed by atoms with Gasteiger partial charge in [-0.25, -0.2) is 0 Å². The Morgan fingerprint density at radius 1 is 1.28 bits per heavy atom. The third kappa shape index (κ3) is 4.00. The minimum Gasteiger partial charge on any atom is -0.512 e. The number of aliphatic hydroxyl groups is 1. The highest BCUT2D eigenvalue weighted by Crippen LogP contribution is 2.38. The standard InChI is InChI=1S/C11H16Cl3NO3/c1-7(16)9(8(2)17)10(11(12,13)14)15-3-5-18-6-4-15/h10,16H,3-6H2,1-2H3/b9-7-/t10-/m1/s1. The van der Waals surface area contributed by atoms with Gasteiger partial charge in [0.15, 0.2) is 5.78 Å². The Balaban J connectivity index is 3.12. The lowest BCUT2D eigenvalue weighted by atomic mass is 10.0. The zero-order valence-corrected chi connectivity index (χ0v) is 12.5. The highest BCUT2D eigenvalue weighted by molar-refractivity contribution is 6.68. The van der Waals surface area contributed by atoms with Gasteiger partial charge in [0, 0.05) is 13.1 Å². The van der Waals surface area contributed by atoms with E-state index in [2.05, 4.69) is 0 Å². The fraction of sp³-hybridized carbons (Fsp3) is 0.727. The molecule has 1 atom stereocenters. The molecule has 1 heterocycles. The first-order valence-corrected chi connectivity index (χ1v) is 6.67. The molecule has 1 N–H and O–H groups in total. The van der Waals surface area contributed by atoms with Crippen LogP contribution in [0.1, 0.15) is 13.8 Å². The average Bonchev–Trinajstić information content (AvgIpc) is 2.24. The van der Waals surface area contributed by atoms with E-state index < -0.39 is 9.83 Å². The molecule has 0 unspecified atom stereocenters. The maximum absolute atomic E-state index is 11.7. The Morgan fingerprint density at radius 2 is 1.78 bits per heavy atom. The number of morpholine rings is 1. The largest absolute Gasteiger partial charge is 0.512 e. The first-order valence-electron chi connectivity index (χ1n) is 5.54. The van der Waals surface area contributed by atoms with Crippen LogP contribution in [0.2, 0.25) is 0 Å². The van der Waals surface area contributed by atoms with Crippen molar-refractivity contribution >= 4 is 40.6 Å². The molecule has 4 nitrogen and oxygen atoms in total. The van der Waals surface area contributed by atoms with Crippen LogP contribution in [0.3, 0.4) is 0 Å². The summed E-state index contributed by atoms with van der Waals surface area (Å²) in [5.74, 6) is -0.428. The molecule has 0 aromatic heterocycles. The van der Waals surface area contributed by atoms with Crippen molar-refractivity contribution in [2.24, 2.45) is 0 Å². The minimum absolute atomic E-state index is 0.120. The van der Waals surface area contributed by atoms with Gasteiger partial charge in [-0.05, 0) is 13.8 Å². The van der Waals surface area contributed by atoms with Crippen LogP contribution in [-0.4, -0.2) is 51.9 Å². The minimum atomic E-state index is -1.69. The van der Waals surface area contributed by atoms with Gasteiger partial charge in [0.25, 0.3) is 0 Å². The maximum atomic E-state index is 11.7. The third-order valence-electron chi connectivity index (χ3n) is 2.76. The van der Waals surface area contributed by atoms with Crippen molar-refractivity contribution in [1.29, 1.82) is 0 Å². The molecule has 1 aliphatic heterocycles. The van der Waals surface area contributed by atoms with Crippen LogP contribution >= 0.6 is 34.8 Å². The Labute approximate surface area is 121 Å². The summed E-state index contributed by atoms with van der Waals surface area (Å²) < 4.78 is 3.54. The van der Waals surface area contributed by atoms with Crippen LogP contribution in [0, 0.1) is 0 Å². The molecular formula is C11H16Cl3NO3. The topological polar surface area (TPSA) is 49.8 Å². The SMILES string of the molecule is CC(=O)/C(=C(\C)O)[C@@H](N1CCOCC1)C(Cl)(Cl)Cl. The monoisotopic (exact) mass is 315 g/mol. The summed E-state index contributed by atoms with van der Waals surface area (Å²) in [5.41, 5.74) is 0.136. The number of halogens is 3. The van der Waals surface area contributed by atoms with Crippen molar-refractivity contribution < 1.29 is 14.6 Å². The van der Waals surface area contributed by atoms with Crippen LogP contribution in [-0.2, 0) is 9.53 Å². The van der Waals surface area contributed by atoms with Gasteiger partial charge < -0.3 is 9.84 Å². The quantitative estimate of drug-likeness (QED) is 0.494. The van der Waals surface area contributed by atoms with E-state index in [4.69, 9.17) is 39.5 Å². The molecule has 1 aliphatic rings. The lowest BCUT2D eigenvalue weighted by molar-refractivity contribution is -0.114. The number of nitrogens with zero attached hydrogens (tertiary/aromatic N) is 1. The van der Waals surface area contributed by atoms with Crippen LogP contribution in [0.25, 0.3) is 0 Å². The number of rotatable bonds is 3. The van der Waals surface area contributed by atoms with Gasteiger partial charge in [-0.2, -0.15) is 0 Å². The van der Waals surface area contributed by atoms with E-state index in [1.165, 1.54) is 13.8 Å². The van der Waals surface area contributed by atoms with Crippen molar-refractivity contribution in [3.05, 3.63) is 11.3 Å². The molecule has 0 amide bonds. The summed E-state index contributed by atoms with van der Waals surface area (Å²) in [5, 5.41) is 9.67. The number of ketones is 1. The van der Waals surface area contributed by atoms with Gasteiger partial charge in [0.05, 0.1) is 30.6 Å². The molecule has 0 saturated carbocycles. The van der Waals surface area contributed by atoms with Crippen molar-refractivity contribution in [2.75, 3.05) is 26.3 Å². The van der Waals surface area contributed by atoms with Crippen LogP contribution in [0.15, 0.2) is 11.3 Å². The molecule has 0 radical (unpaired) electrons. The number of hydrogen-bond acceptors (Lipinski definition) is 4. The van der Waals surface area contributed by atoms with Crippen LogP contribution in [0.5, 0.6) is 0 Å². The molecule has 1 saturated heterocycles. The number of allylic oxidation sites excluding steroid dienone is 1.